The molecule has 1 aromatic rings. The number of hydrogen-bond acceptors (Lipinski definition) is 2. The molecule has 44 valence electrons. The van der Waals surface area contributed by atoms with Crippen molar-refractivity contribution in [2.24, 2.45) is 7.05 Å². The van der Waals surface area contributed by atoms with Crippen LogP contribution in [-0.4, -0.2) is 14.8 Å². The van der Waals surface area contributed by atoms with Gasteiger partial charge in [-0.1, -0.05) is 0 Å². The normalized spacial score (nSPS) is 9.62. The van der Waals surface area contributed by atoms with E-state index in [0.717, 1.165) is 4.68 Å². The summed E-state index contributed by atoms with van der Waals surface area (Å²) < 4.78 is 1.07. The summed E-state index contributed by atoms with van der Waals surface area (Å²) in [7, 11) is 1.46. The van der Waals surface area contributed by atoms with Gasteiger partial charge in [-0.05, 0) is 0 Å². The zero-order valence-corrected chi connectivity index (χ0v) is 4.26. The third-order valence-corrected chi connectivity index (χ3v) is 0.794. The molecule has 0 spiro atoms. The van der Waals surface area contributed by atoms with Gasteiger partial charge in [-0.3, -0.25) is 4.98 Å². The van der Waals surface area contributed by atoms with E-state index >= 15 is 0 Å². The van der Waals surface area contributed by atoms with Gasteiger partial charge in [0.25, 0.3) is 0 Å². The van der Waals surface area contributed by atoms with Crippen molar-refractivity contribution in [3.63, 3.8) is 0 Å². The van der Waals surface area contributed by atoms with Crippen molar-refractivity contribution < 1.29 is 0 Å². The van der Waals surface area contributed by atoms with Gasteiger partial charge in [-0.15, -0.1) is 0 Å². The van der Waals surface area contributed by atoms with Crippen molar-refractivity contribution >= 4 is 0 Å². The molecule has 0 saturated carbocycles. The summed E-state index contributed by atoms with van der Waals surface area (Å²) in [5.41, 5.74) is -0.896. The molecule has 0 saturated heterocycles. The fourth-order valence-corrected chi connectivity index (χ4v) is 0.412. The molecule has 1 heterocycles. The van der Waals surface area contributed by atoms with Crippen molar-refractivity contribution in [2.45, 2.75) is 0 Å². The maximum absolute atomic E-state index is 10.3. The second kappa shape index (κ2) is 1.36. The standard InChI is InChI=1S/C3H5N3O2/c1-6-3(8)4-2(7)5-6/h1H3,(H2,4,5,7,8). The van der Waals surface area contributed by atoms with Gasteiger partial charge in [0.15, 0.2) is 0 Å². The maximum Gasteiger partial charge on any atom is 0.344 e. The minimum atomic E-state index is -0.475. The Labute approximate surface area is 43.9 Å². The number of nitrogens with zero attached hydrogens (tertiary/aromatic N) is 1. The molecule has 8 heavy (non-hydrogen) atoms. The fraction of sp³-hybridized carbons (Fsp3) is 0.333. The number of hydrogen-bond donors (Lipinski definition) is 2. The molecule has 1 rings (SSSR count). The third kappa shape index (κ3) is 0.575. The minimum Gasteiger partial charge on any atom is -0.257 e. The number of aromatic amines is 2. The molecule has 5 nitrogen and oxygen atoms in total. The number of aromatic nitrogens is 3. The van der Waals surface area contributed by atoms with Crippen LogP contribution >= 0.6 is 0 Å². The molecule has 0 radical (unpaired) electrons. The summed E-state index contributed by atoms with van der Waals surface area (Å²) in [6, 6.07) is 0. The summed E-state index contributed by atoms with van der Waals surface area (Å²) in [5.74, 6) is 0. The largest absolute Gasteiger partial charge is 0.344 e. The number of aryl methyl sites for hydroxylation is 1. The van der Waals surface area contributed by atoms with Crippen LogP contribution in [0.4, 0.5) is 0 Å². The molecule has 5 heteroatoms. The van der Waals surface area contributed by atoms with E-state index in [9.17, 15) is 9.59 Å². The zero-order chi connectivity index (χ0) is 6.15. The second-order valence-corrected chi connectivity index (χ2v) is 1.43. The van der Waals surface area contributed by atoms with Gasteiger partial charge < -0.3 is 0 Å². The first-order valence-electron chi connectivity index (χ1n) is 2.05. The third-order valence-electron chi connectivity index (χ3n) is 0.794. The van der Waals surface area contributed by atoms with Gasteiger partial charge in [0.1, 0.15) is 0 Å². The minimum absolute atomic E-state index is 0.421. The Kier molecular flexibility index (Phi) is 0.831. The average Bonchev–Trinajstić information content (AvgIpc) is 1.85. The molecule has 0 fully saturated rings. The van der Waals surface area contributed by atoms with E-state index in [0.29, 0.717) is 0 Å². The van der Waals surface area contributed by atoms with Crippen molar-refractivity contribution in [2.75, 3.05) is 0 Å². The quantitative estimate of drug-likeness (QED) is 0.427. The molecule has 0 bridgehead atoms. The average molecular weight is 115 g/mol. The van der Waals surface area contributed by atoms with Crippen molar-refractivity contribution in [1.82, 2.24) is 14.8 Å². The molecule has 0 aliphatic rings. The van der Waals surface area contributed by atoms with E-state index in [1.54, 1.807) is 0 Å². The van der Waals surface area contributed by atoms with Crippen LogP contribution in [0.3, 0.4) is 0 Å². The monoisotopic (exact) mass is 115 g/mol. The Morgan fingerprint density at radius 2 is 2.12 bits per heavy atom. The SMILES string of the molecule is Cn1[nH]c(=O)[nH]c1=O. The van der Waals surface area contributed by atoms with Crippen LogP contribution in [0.5, 0.6) is 0 Å². The Balaban J connectivity index is 3.59. The predicted molar refractivity (Wildman–Crippen MR) is 26.7 cm³/mol. The lowest BCUT2D eigenvalue weighted by Gasteiger charge is -1.77. The molecule has 0 aliphatic carbocycles. The molecule has 0 atom stereocenters. The highest BCUT2D eigenvalue weighted by atomic mass is 16.2. The lowest BCUT2D eigenvalue weighted by molar-refractivity contribution is 0.727. The van der Waals surface area contributed by atoms with Crippen molar-refractivity contribution in [3.05, 3.63) is 21.0 Å². The summed E-state index contributed by atoms with van der Waals surface area (Å²) >= 11 is 0. The Bertz CT molecular complexity index is 277. The first kappa shape index (κ1) is 4.89. The number of H-pyrrole nitrogens is 2. The summed E-state index contributed by atoms with van der Waals surface area (Å²) in [5, 5.41) is 2.20. The predicted octanol–water partition coefficient (Wildman–Crippen LogP) is -1.60. The molecule has 1 aromatic heterocycles. The van der Waals surface area contributed by atoms with Gasteiger partial charge in [0.2, 0.25) is 0 Å². The summed E-state index contributed by atoms with van der Waals surface area (Å²) in [6.45, 7) is 0. The van der Waals surface area contributed by atoms with Crippen LogP contribution < -0.4 is 11.4 Å². The van der Waals surface area contributed by atoms with Crippen LogP contribution in [-0.2, 0) is 7.05 Å². The van der Waals surface area contributed by atoms with Gasteiger partial charge in [-0.2, -0.15) is 0 Å². The van der Waals surface area contributed by atoms with Crippen LogP contribution in [0.25, 0.3) is 0 Å². The van der Waals surface area contributed by atoms with Crippen molar-refractivity contribution in [1.29, 1.82) is 0 Å². The van der Waals surface area contributed by atoms with E-state index in [1.165, 1.54) is 7.05 Å². The van der Waals surface area contributed by atoms with Gasteiger partial charge in [0.05, 0.1) is 0 Å². The molecule has 0 aromatic carbocycles. The first-order valence-corrected chi connectivity index (χ1v) is 2.05. The van der Waals surface area contributed by atoms with Gasteiger partial charge in [0, 0.05) is 7.05 Å². The molecule has 2 N–H and O–H groups in total. The molecular formula is C3H5N3O2. The highest BCUT2D eigenvalue weighted by Crippen LogP contribution is 1.45. The molecule has 0 aliphatic heterocycles. The van der Waals surface area contributed by atoms with Gasteiger partial charge in [-0.25, -0.2) is 19.4 Å². The Morgan fingerprint density at radius 1 is 1.50 bits per heavy atom. The fourth-order valence-electron chi connectivity index (χ4n) is 0.412. The van der Waals surface area contributed by atoms with E-state index in [4.69, 9.17) is 0 Å². The molecule has 0 amide bonds. The highest BCUT2D eigenvalue weighted by Gasteiger charge is 1.88. The smallest absolute Gasteiger partial charge is 0.257 e. The van der Waals surface area contributed by atoms with E-state index in [-0.39, 0.29) is 0 Å². The van der Waals surface area contributed by atoms with Crippen LogP contribution in [0.15, 0.2) is 9.59 Å². The topological polar surface area (TPSA) is 70.7 Å². The number of rotatable bonds is 0. The van der Waals surface area contributed by atoms with Crippen LogP contribution in [0.1, 0.15) is 0 Å². The maximum atomic E-state index is 10.3. The number of nitrogens with one attached hydrogen (secondary N) is 2. The lowest BCUT2D eigenvalue weighted by atomic mass is 11.2. The van der Waals surface area contributed by atoms with Crippen LogP contribution in [0.2, 0.25) is 0 Å². The van der Waals surface area contributed by atoms with E-state index in [1.807, 2.05) is 4.98 Å². The van der Waals surface area contributed by atoms with Crippen molar-refractivity contribution in [3.8, 4) is 0 Å². The van der Waals surface area contributed by atoms with E-state index < -0.39 is 11.4 Å². The second-order valence-electron chi connectivity index (χ2n) is 1.43. The first-order chi connectivity index (χ1) is 3.70. The zero-order valence-electron chi connectivity index (χ0n) is 4.26. The Morgan fingerprint density at radius 3 is 2.25 bits per heavy atom. The lowest BCUT2D eigenvalue weighted by Crippen LogP contribution is -2.13. The molecular weight excluding hydrogens is 110 g/mol. The molecule has 0 unspecified atom stereocenters. The Hall–Kier alpha value is -1.26. The highest BCUT2D eigenvalue weighted by molar-refractivity contribution is 4.57. The summed E-state index contributed by atoms with van der Waals surface area (Å²) in [6.07, 6.45) is 0. The summed E-state index contributed by atoms with van der Waals surface area (Å²) in [4.78, 5) is 22.5. The van der Waals surface area contributed by atoms with Crippen LogP contribution in [0, 0.1) is 0 Å². The van der Waals surface area contributed by atoms with Gasteiger partial charge >= 0.3 is 11.4 Å². The van der Waals surface area contributed by atoms with E-state index in [2.05, 4.69) is 5.10 Å².